The predicted octanol–water partition coefficient (Wildman–Crippen LogP) is 2.31. The van der Waals surface area contributed by atoms with Gasteiger partial charge in [-0.3, -0.25) is 9.59 Å². The van der Waals surface area contributed by atoms with Crippen molar-refractivity contribution in [3.05, 3.63) is 59.7 Å². The Labute approximate surface area is 154 Å². The molecule has 0 saturated heterocycles. The molecule has 6 heteroatoms. The molecule has 2 N–H and O–H groups in total. The van der Waals surface area contributed by atoms with E-state index in [2.05, 4.69) is 10.6 Å². The smallest absolute Gasteiger partial charge is 0.251 e. The number of carbonyl (C=O) groups excluding carboxylic acids is 2. The van der Waals surface area contributed by atoms with Crippen molar-refractivity contribution in [1.29, 1.82) is 0 Å². The second-order valence-electron chi connectivity index (χ2n) is 5.91. The molecule has 0 spiro atoms. The van der Waals surface area contributed by atoms with Crippen molar-refractivity contribution < 1.29 is 14.3 Å². The number of amides is 2. The fraction of sp³-hybridized carbons (Fsp3) is 0.300. The average molecular weight is 355 g/mol. The van der Waals surface area contributed by atoms with Crippen LogP contribution in [0.15, 0.2) is 48.5 Å². The molecule has 0 unspecified atom stereocenters. The van der Waals surface area contributed by atoms with Gasteiger partial charge in [-0.1, -0.05) is 0 Å². The van der Waals surface area contributed by atoms with Gasteiger partial charge in [-0.15, -0.1) is 0 Å². The van der Waals surface area contributed by atoms with Crippen LogP contribution in [0, 0.1) is 0 Å². The molecule has 26 heavy (non-hydrogen) atoms. The number of nitrogens with zero attached hydrogens (tertiary/aromatic N) is 1. The Morgan fingerprint density at radius 2 is 1.31 bits per heavy atom. The second kappa shape index (κ2) is 9.46. The summed E-state index contributed by atoms with van der Waals surface area (Å²) in [6.45, 7) is 3.21. The van der Waals surface area contributed by atoms with Crippen LogP contribution in [0.1, 0.15) is 27.6 Å². The van der Waals surface area contributed by atoms with Gasteiger partial charge in [0.05, 0.1) is 6.61 Å². The van der Waals surface area contributed by atoms with Crippen molar-refractivity contribution >= 4 is 17.5 Å². The van der Waals surface area contributed by atoms with Gasteiger partial charge in [0.1, 0.15) is 5.75 Å². The molecule has 0 fully saturated rings. The van der Waals surface area contributed by atoms with Crippen molar-refractivity contribution in [1.82, 2.24) is 10.6 Å². The number of hydrogen-bond donors (Lipinski definition) is 2. The summed E-state index contributed by atoms with van der Waals surface area (Å²) in [4.78, 5) is 26.1. The summed E-state index contributed by atoms with van der Waals surface area (Å²) in [6, 6.07) is 14.3. The number of anilines is 1. The summed E-state index contributed by atoms with van der Waals surface area (Å²) in [5, 5.41) is 5.57. The predicted molar refractivity (Wildman–Crippen MR) is 103 cm³/mol. The lowest BCUT2D eigenvalue weighted by Crippen LogP contribution is -2.34. The minimum atomic E-state index is -0.183. The largest absolute Gasteiger partial charge is 0.494 e. The van der Waals surface area contributed by atoms with Crippen molar-refractivity contribution in [2.75, 3.05) is 38.7 Å². The molecule has 0 aliphatic rings. The van der Waals surface area contributed by atoms with Crippen LogP contribution >= 0.6 is 0 Å². The summed E-state index contributed by atoms with van der Waals surface area (Å²) in [7, 11) is 3.89. The highest BCUT2D eigenvalue weighted by molar-refractivity contribution is 5.95. The highest BCUT2D eigenvalue weighted by atomic mass is 16.5. The molecule has 0 radical (unpaired) electrons. The van der Waals surface area contributed by atoms with Gasteiger partial charge in [0.25, 0.3) is 11.8 Å². The molecule has 2 aromatic rings. The zero-order chi connectivity index (χ0) is 18.9. The molecule has 2 rings (SSSR count). The summed E-state index contributed by atoms with van der Waals surface area (Å²) >= 11 is 0. The number of rotatable bonds is 8. The third-order valence-electron chi connectivity index (χ3n) is 3.77. The average Bonchev–Trinajstić information content (AvgIpc) is 2.65. The first-order valence-corrected chi connectivity index (χ1v) is 8.58. The van der Waals surface area contributed by atoms with Crippen LogP contribution in [0.25, 0.3) is 0 Å². The topological polar surface area (TPSA) is 70.7 Å². The number of ether oxygens (including phenoxy) is 1. The molecule has 0 aromatic heterocycles. The number of nitrogens with one attached hydrogen (secondary N) is 2. The standard InChI is InChI=1S/C20H25N3O3/c1-4-26-18-11-7-16(8-12-18)20(25)22-14-13-21-19(24)15-5-9-17(10-6-15)23(2)3/h5-12H,4,13-14H2,1-3H3,(H,21,24)(H,22,25). The zero-order valence-electron chi connectivity index (χ0n) is 15.4. The van der Waals surface area contributed by atoms with Gasteiger partial charge in [-0.25, -0.2) is 0 Å². The Morgan fingerprint density at radius 3 is 1.73 bits per heavy atom. The van der Waals surface area contributed by atoms with Crippen LogP contribution in [0.2, 0.25) is 0 Å². The summed E-state index contributed by atoms with van der Waals surface area (Å²) in [5.41, 5.74) is 2.18. The van der Waals surface area contributed by atoms with E-state index >= 15 is 0 Å². The van der Waals surface area contributed by atoms with Crippen LogP contribution < -0.4 is 20.3 Å². The number of carbonyl (C=O) groups is 2. The summed E-state index contributed by atoms with van der Waals surface area (Å²) < 4.78 is 5.35. The lowest BCUT2D eigenvalue weighted by molar-refractivity contribution is 0.0927. The molecule has 2 amide bonds. The van der Waals surface area contributed by atoms with Gasteiger partial charge >= 0.3 is 0 Å². The maximum absolute atomic E-state index is 12.1. The molecule has 2 aromatic carbocycles. The zero-order valence-corrected chi connectivity index (χ0v) is 15.4. The first-order valence-electron chi connectivity index (χ1n) is 8.58. The first kappa shape index (κ1) is 19.3. The van der Waals surface area contributed by atoms with Crippen LogP contribution in [0.4, 0.5) is 5.69 Å². The maximum Gasteiger partial charge on any atom is 0.251 e. The fourth-order valence-electron chi connectivity index (χ4n) is 2.34. The molecule has 0 heterocycles. The van der Waals surface area contributed by atoms with E-state index in [1.807, 2.05) is 38.1 Å². The monoisotopic (exact) mass is 355 g/mol. The van der Waals surface area contributed by atoms with E-state index in [1.165, 1.54) is 0 Å². The van der Waals surface area contributed by atoms with Gasteiger partial charge < -0.3 is 20.3 Å². The van der Waals surface area contributed by atoms with Gasteiger partial charge in [0, 0.05) is 44.0 Å². The molecule has 0 bridgehead atoms. The van der Waals surface area contributed by atoms with Crippen molar-refractivity contribution in [3.8, 4) is 5.75 Å². The van der Waals surface area contributed by atoms with Crippen molar-refractivity contribution in [2.45, 2.75) is 6.92 Å². The Hall–Kier alpha value is -3.02. The Kier molecular flexibility index (Phi) is 7.02. The lowest BCUT2D eigenvalue weighted by Gasteiger charge is -2.12. The van der Waals surface area contributed by atoms with Crippen LogP contribution in [0.5, 0.6) is 5.75 Å². The van der Waals surface area contributed by atoms with E-state index < -0.39 is 0 Å². The highest BCUT2D eigenvalue weighted by Crippen LogP contribution is 2.12. The van der Waals surface area contributed by atoms with E-state index in [1.54, 1.807) is 36.4 Å². The van der Waals surface area contributed by atoms with E-state index in [-0.39, 0.29) is 11.8 Å². The van der Waals surface area contributed by atoms with E-state index in [0.29, 0.717) is 30.8 Å². The SMILES string of the molecule is CCOc1ccc(C(=O)NCCNC(=O)c2ccc(N(C)C)cc2)cc1. The Bertz CT molecular complexity index is 725. The molecule has 0 aliphatic carbocycles. The van der Waals surface area contributed by atoms with E-state index in [4.69, 9.17) is 4.74 Å². The quantitative estimate of drug-likeness (QED) is 0.713. The van der Waals surface area contributed by atoms with Gasteiger partial charge in [-0.2, -0.15) is 0 Å². The van der Waals surface area contributed by atoms with Crippen molar-refractivity contribution in [3.63, 3.8) is 0 Å². The van der Waals surface area contributed by atoms with Crippen LogP contribution in [-0.2, 0) is 0 Å². The Balaban J connectivity index is 1.75. The minimum absolute atomic E-state index is 0.161. The molecule has 138 valence electrons. The van der Waals surface area contributed by atoms with Gasteiger partial charge in [0.15, 0.2) is 0 Å². The summed E-state index contributed by atoms with van der Waals surface area (Å²) in [6.07, 6.45) is 0. The highest BCUT2D eigenvalue weighted by Gasteiger charge is 2.07. The lowest BCUT2D eigenvalue weighted by atomic mass is 10.2. The van der Waals surface area contributed by atoms with Crippen molar-refractivity contribution in [2.24, 2.45) is 0 Å². The third kappa shape index (κ3) is 5.51. The normalized spacial score (nSPS) is 10.1. The summed E-state index contributed by atoms with van der Waals surface area (Å²) in [5.74, 6) is 0.389. The molecule has 0 aliphatic heterocycles. The third-order valence-corrected chi connectivity index (χ3v) is 3.77. The van der Waals surface area contributed by atoms with Gasteiger partial charge in [-0.05, 0) is 55.5 Å². The Morgan fingerprint density at radius 1 is 0.846 bits per heavy atom. The van der Waals surface area contributed by atoms with Crippen LogP contribution in [-0.4, -0.2) is 45.6 Å². The van der Waals surface area contributed by atoms with E-state index in [0.717, 1.165) is 11.4 Å². The van der Waals surface area contributed by atoms with Crippen LogP contribution in [0.3, 0.4) is 0 Å². The van der Waals surface area contributed by atoms with Gasteiger partial charge in [0.2, 0.25) is 0 Å². The second-order valence-corrected chi connectivity index (χ2v) is 5.91. The number of hydrogen-bond acceptors (Lipinski definition) is 4. The molecule has 0 atom stereocenters. The molecular weight excluding hydrogens is 330 g/mol. The maximum atomic E-state index is 12.1. The molecular formula is C20H25N3O3. The number of benzene rings is 2. The first-order chi connectivity index (χ1) is 12.5. The fourth-order valence-corrected chi connectivity index (χ4v) is 2.34. The van der Waals surface area contributed by atoms with E-state index in [9.17, 15) is 9.59 Å². The molecule has 6 nitrogen and oxygen atoms in total. The molecule has 0 saturated carbocycles. The minimum Gasteiger partial charge on any atom is -0.494 e.